The summed E-state index contributed by atoms with van der Waals surface area (Å²) in [6, 6.07) is 0. The van der Waals surface area contributed by atoms with Crippen molar-refractivity contribution < 1.29 is 28.6 Å². The molecule has 0 rings (SSSR count). The summed E-state index contributed by atoms with van der Waals surface area (Å²) >= 11 is 0. The second-order valence-electron chi connectivity index (χ2n) is 16.1. The molecule has 0 N–H and O–H groups in total. The quantitative estimate of drug-likeness (QED) is 0.0200. The summed E-state index contributed by atoms with van der Waals surface area (Å²) in [6.07, 6.45) is 66.4. The van der Waals surface area contributed by atoms with E-state index in [1.807, 2.05) is 48.6 Å². The monoisotopic (exact) mass is 859 g/mol. The Bertz CT molecular complexity index is 1310. The molecule has 6 nitrogen and oxygen atoms in total. The molecule has 0 fully saturated rings. The van der Waals surface area contributed by atoms with Gasteiger partial charge in [-0.15, -0.1) is 0 Å². The lowest BCUT2D eigenvalue weighted by Crippen LogP contribution is -2.30. The Morgan fingerprint density at radius 3 is 1.19 bits per heavy atom. The summed E-state index contributed by atoms with van der Waals surface area (Å²) in [5.74, 6) is -0.966. The highest BCUT2D eigenvalue weighted by molar-refractivity contribution is 5.71. The predicted octanol–water partition coefficient (Wildman–Crippen LogP) is 16.4. The second kappa shape index (κ2) is 49.7. The van der Waals surface area contributed by atoms with Gasteiger partial charge in [0.2, 0.25) is 0 Å². The number of hydrogen-bond donors (Lipinski definition) is 0. The normalized spacial score (nSPS) is 13.0. The van der Waals surface area contributed by atoms with Crippen molar-refractivity contribution in [2.45, 2.75) is 213 Å². The van der Waals surface area contributed by atoms with Gasteiger partial charge in [-0.2, -0.15) is 0 Å². The molecule has 62 heavy (non-hydrogen) atoms. The van der Waals surface area contributed by atoms with E-state index in [-0.39, 0.29) is 37.5 Å². The van der Waals surface area contributed by atoms with Gasteiger partial charge in [0.05, 0.1) is 0 Å². The molecular weight excluding hydrogens is 769 g/mol. The number of esters is 3. The van der Waals surface area contributed by atoms with Crippen LogP contribution in [0.2, 0.25) is 0 Å². The molecule has 1 unspecified atom stereocenters. The molecule has 0 bridgehead atoms. The summed E-state index contributed by atoms with van der Waals surface area (Å²) in [7, 11) is 0. The molecule has 0 saturated heterocycles. The third kappa shape index (κ3) is 47.1. The van der Waals surface area contributed by atoms with Crippen molar-refractivity contribution in [2.75, 3.05) is 13.2 Å². The number of unbranched alkanes of at least 4 members (excludes halogenated alkanes) is 18. The SMILES string of the molecule is CC\C=C/C=C\C=C/C=C\C=C/CCCCCC(=O)OC(COC(=O)CCCCCCCC/C=C\C/C=C\C/C=C\C/C=C\CC)COC(=O)CCCCCCCCCCCC. The summed E-state index contributed by atoms with van der Waals surface area (Å²) in [4.78, 5) is 37.9. The molecule has 0 aromatic rings. The Balaban J connectivity index is 4.46. The molecule has 0 spiro atoms. The van der Waals surface area contributed by atoms with E-state index < -0.39 is 6.10 Å². The van der Waals surface area contributed by atoms with Gasteiger partial charge in [0.25, 0.3) is 0 Å². The molecule has 1 atom stereocenters. The van der Waals surface area contributed by atoms with E-state index in [1.165, 1.54) is 57.8 Å². The first-order chi connectivity index (χ1) is 30.5. The largest absolute Gasteiger partial charge is 0.462 e. The summed E-state index contributed by atoms with van der Waals surface area (Å²) in [5, 5.41) is 0. The van der Waals surface area contributed by atoms with E-state index >= 15 is 0 Å². The van der Waals surface area contributed by atoms with Crippen molar-refractivity contribution in [2.24, 2.45) is 0 Å². The van der Waals surface area contributed by atoms with Crippen LogP contribution in [-0.2, 0) is 28.6 Å². The summed E-state index contributed by atoms with van der Waals surface area (Å²) < 4.78 is 16.7. The zero-order chi connectivity index (χ0) is 45.1. The minimum Gasteiger partial charge on any atom is -0.462 e. The lowest BCUT2D eigenvalue weighted by atomic mass is 10.1. The fraction of sp³-hybridized carbons (Fsp3) is 0.625. The summed E-state index contributed by atoms with van der Waals surface area (Å²) in [5.41, 5.74) is 0. The molecule has 0 amide bonds. The van der Waals surface area contributed by atoms with Crippen LogP contribution in [0.15, 0.2) is 109 Å². The van der Waals surface area contributed by atoms with Gasteiger partial charge in [0.1, 0.15) is 13.2 Å². The maximum atomic E-state index is 12.8. The standard InChI is InChI=1S/C56H90O6/c1-4-7-10-13-16-19-22-24-26-27-28-29-31-32-34-37-40-43-46-49-55(58)61-52-53(51-60-54(57)48-45-42-39-36-21-18-15-12-9-6-3)62-56(59)50-47-44-41-38-35-33-30-25-23-20-17-14-11-8-5-2/h7-8,10-11,14,16-17,19-20,23-26,28-30,33,35,53H,4-6,9,12-13,15,18,21-22,27,31-32,34,36-52H2,1-3H3/b10-7-,11-8-,17-14-,19-16-,23-20-,26-24-,29-28-,30-25-,35-33-. The molecule has 0 aliphatic carbocycles. The van der Waals surface area contributed by atoms with Gasteiger partial charge in [0, 0.05) is 19.3 Å². The van der Waals surface area contributed by atoms with Gasteiger partial charge in [-0.1, -0.05) is 220 Å². The van der Waals surface area contributed by atoms with E-state index in [4.69, 9.17) is 14.2 Å². The maximum Gasteiger partial charge on any atom is 0.306 e. The number of carbonyl (C=O) groups excluding carboxylic acids is 3. The molecule has 0 radical (unpaired) electrons. The highest BCUT2D eigenvalue weighted by Gasteiger charge is 2.19. The van der Waals surface area contributed by atoms with Crippen molar-refractivity contribution in [3.05, 3.63) is 109 Å². The van der Waals surface area contributed by atoms with Crippen LogP contribution in [0.4, 0.5) is 0 Å². The minimum absolute atomic E-state index is 0.101. The van der Waals surface area contributed by atoms with Gasteiger partial charge < -0.3 is 14.2 Å². The van der Waals surface area contributed by atoms with Crippen LogP contribution in [0.3, 0.4) is 0 Å². The number of hydrogen-bond acceptors (Lipinski definition) is 6. The van der Waals surface area contributed by atoms with Crippen LogP contribution in [0.5, 0.6) is 0 Å². The zero-order valence-corrected chi connectivity index (χ0v) is 39.8. The Kier molecular flexibility index (Phi) is 46.6. The van der Waals surface area contributed by atoms with Gasteiger partial charge in [-0.25, -0.2) is 0 Å². The van der Waals surface area contributed by atoms with Gasteiger partial charge >= 0.3 is 17.9 Å². The topological polar surface area (TPSA) is 78.9 Å². The molecule has 0 aromatic heterocycles. The Labute approximate surface area is 380 Å². The Morgan fingerprint density at radius 2 is 0.710 bits per heavy atom. The van der Waals surface area contributed by atoms with Crippen molar-refractivity contribution >= 4 is 17.9 Å². The highest BCUT2D eigenvalue weighted by Crippen LogP contribution is 2.13. The lowest BCUT2D eigenvalue weighted by molar-refractivity contribution is -0.167. The fourth-order valence-corrected chi connectivity index (χ4v) is 6.45. The molecule has 0 aromatic carbocycles. The van der Waals surface area contributed by atoms with Crippen molar-refractivity contribution in [1.29, 1.82) is 0 Å². The van der Waals surface area contributed by atoms with Crippen LogP contribution in [0.1, 0.15) is 207 Å². The first kappa shape index (κ1) is 58.1. The maximum absolute atomic E-state index is 12.8. The lowest BCUT2D eigenvalue weighted by Gasteiger charge is -2.18. The van der Waals surface area contributed by atoms with E-state index in [9.17, 15) is 14.4 Å². The molecule has 350 valence electrons. The van der Waals surface area contributed by atoms with Crippen molar-refractivity contribution in [3.63, 3.8) is 0 Å². The average molecular weight is 859 g/mol. The van der Waals surface area contributed by atoms with E-state index in [2.05, 4.69) is 81.5 Å². The van der Waals surface area contributed by atoms with E-state index in [0.29, 0.717) is 19.3 Å². The molecule has 0 heterocycles. The predicted molar refractivity (Wildman–Crippen MR) is 265 cm³/mol. The molecule has 0 saturated carbocycles. The van der Waals surface area contributed by atoms with Gasteiger partial charge in [0.15, 0.2) is 6.10 Å². The molecule has 6 heteroatoms. The third-order valence-corrected chi connectivity index (χ3v) is 10.2. The minimum atomic E-state index is -0.805. The Hall–Kier alpha value is -3.93. The van der Waals surface area contributed by atoms with Crippen LogP contribution >= 0.6 is 0 Å². The molecule has 0 aliphatic heterocycles. The average Bonchev–Trinajstić information content (AvgIpc) is 3.27. The van der Waals surface area contributed by atoms with Crippen LogP contribution in [0, 0.1) is 0 Å². The molecule has 0 aliphatic rings. The van der Waals surface area contributed by atoms with Crippen LogP contribution in [-0.4, -0.2) is 37.2 Å². The van der Waals surface area contributed by atoms with E-state index in [1.54, 1.807) is 0 Å². The molecular formula is C56H90O6. The first-order valence-electron chi connectivity index (χ1n) is 25.0. The zero-order valence-electron chi connectivity index (χ0n) is 39.8. The first-order valence-corrected chi connectivity index (χ1v) is 25.0. The number of allylic oxidation sites excluding steroid dienone is 18. The number of rotatable bonds is 43. The van der Waals surface area contributed by atoms with Crippen LogP contribution in [0.25, 0.3) is 0 Å². The second-order valence-corrected chi connectivity index (χ2v) is 16.1. The van der Waals surface area contributed by atoms with Gasteiger partial charge in [-0.3, -0.25) is 14.4 Å². The Morgan fingerprint density at radius 1 is 0.355 bits per heavy atom. The van der Waals surface area contributed by atoms with Crippen molar-refractivity contribution in [3.8, 4) is 0 Å². The smallest absolute Gasteiger partial charge is 0.306 e. The van der Waals surface area contributed by atoms with Gasteiger partial charge in [-0.05, 0) is 77.0 Å². The highest BCUT2D eigenvalue weighted by atomic mass is 16.6. The van der Waals surface area contributed by atoms with E-state index in [0.717, 1.165) is 103 Å². The third-order valence-electron chi connectivity index (χ3n) is 10.2. The number of carbonyl (C=O) groups is 3. The summed E-state index contributed by atoms with van der Waals surface area (Å²) in [6.45, 7) is 6.30. The van der Waals surface area contributed by atoms with Crippen molar-refractivity contribution in [1.82, 2.24) is 0 Å². The van der Waals surface area contributed by atoms with Crippen LogP contribution < -0.4 is 0 Å². The number of ether oxygens (including phenoxy) is 3. The fourth-order valence-electron chi connectivity index (χ4n) is 6.45.